The Morgan fingerprint density at radius 3 is 2.70 bits per heavy atom. The molecule has 0 amide bonds. The van der Waals surface area contributed by atoms with E-state index in [4.69, 9.17) is 14.3 Å². The SMILES string of the molecule is COCc1nc2cc(C)c(C)cc2n1Cc1ccc(C(=O)O)o1. The first-order valence-electron chi connectivity index (χ1n) is 7.27. The molecule has 23 heavy (non-hydrogen) atoms. The maximum Gasteiger partial charge on any atom is 0.371 e. The molecule has 0 fully saturated rings. The second-order valence-corrected chi connectivity index (χ2v) is 5.54. The van der Waals surface area contributed by atoms with Crippen LogP contribution in [0.25, 0.3) is 11.0 Å². The molecule has 6 nitrogen and oxygen atoms in total. The average Bonchev–Trinajstić information content (AvgIpc) is 3.08. The highest BCUT2D eigenvalue weighted by Gasteiger charge is 2.15. The van der Waals surface area contributed by atoms with Crippen LogP contribution in [0.3, 0.4) is 0 Å². The van der Waals surface area contributed by atoms with E-state index in [2.05, 4.69) is 24.9 Å². The van der Waals surface area contributed by atoms with Gasteiger partial charge in [-0.2, -0.15) is 0 Å². The highest BCUT2D eigenvalue weighted by atomic mass is 16.5. The van der Waals surface area contributed by atoms with Crippen LogP contribution in [0.15, 0.2) is 28.7 Å². The minimum Gasteiger partial charge on any atom is -0.475 e. The number of carboxylic acid groups (broad SMARTS) is 1. The van der Waals surface area contributed by atoms with Gasteiger partial charge in [-0.05, 0) is 49.2 Å². The molecular weight excluding hydrogens is 296 g/mol. The van der Waals surface area contributed by atoms with Crippen LogP contribution >= 0.6 is 0 Å². The average molecular weight is 314 g/mol. The number of aromatic nitrogens is 2. The molecule has 0 saturated heterocycles. The van der Waals surface area contributed by atoms with Crippen LogP contribution in [0.1, 0.15) is 33.3 Å². The number of methoxy groups -OCH3 is 1. The Morgan fingerprint density at radius 2 is 2.04 bits per heavy atom. The summed E-state index contributed by atoms with van der Waals surface area (Å²) in [6.45, 7) is 4.89. The first kappa shape index (κ1) is 15.3. The highest BCUT2D eigenvalue weighted by Crippen LogP contribution is 2.23. The number of carbonyl (C=O) groups is 1. The Labute approximate surface area is 133 Å². The quantitative estimate of drug-likeness (QED) is 0.783. The molecule has 3 rings (SSSR count). The van der Waals surface area contributed by atoms with Crippen LogP contribution in [-0.2, 0) is 17.9 Å². The van der Waals surface area contributed by atoms with Crippen molar-refractivity contribution in [2.24, 2.45) is 0 Å². The van der Waals surface area contributed by atoms with E-state index in [0.717, 1.165) is 16.9 Å². The van der Waals surface area contributed by atoms with E-state index in [1.807, 2.05) is 10.6 Å². The maximum absolute atomic E-state index is 10.9. The molecule has 0 unspecified atom stereocenters. The van der Waals surface area contributed by atoms with Crippen LogP contribution in [0.2, 0.25) is 0 Å². The fraction of sp³-hybridized carbons (Fsp3) is 0.294. The molecule has 120 valence electrons. The first-order chi connectivity index (χ1) is 11.0. The van der Waals surface area contributed by atoms with Gasteiger partial charge >= 0.3 is 5.97 Å². The van der Waals surface area contributed by atoms with Crippen LogP contribution in [-0.4, -0.2) is 27.7 Å². The van der Waals surface area contributed by atoms with Crippen molar-refractivity contribution in [2.75, 3.05) is 7.11 Å². The Kier molecular flexibility index (Phi) is 3.92. The van der Waals surface area contributed by atoms with Gasteiger partial charge in [0.1, 0.15) is 18.2 Å². The Hall–Kier alpha value is -2.60. The largest absolute Gasteiger partial charge is 0.475 e. The summed E-state index contributed by atoms with van der Waals surface area (Å²) in [5, 5.41) is 8.97. The van der Waals surface area contributed by atoms with Gasteiger partial charge in [0.2, 0.25) is 5.76 Å². The minimum absolute atomic E-state index is 0.0651. The molecule has 3 aromatic rings. The van der Waals surface area contributed by atoms with E-state index in [1.54, 1.807) is 13.2 Å². The lowest BCUT2D eigenvalue weighted by molar-refractivity contribution is 0.0660. The van der Waals surface area contributed by atoms with Gasteiger partial charge in [-0.3, -0.25) is 0 Å². The molecule has 2 aromatic heterocycles. The molecule has 0 aliphatic carbocycles. The third kappa shape index (κ3) is 2.85. The lowest BCUT2D eigenvalue weighted by atomic mass is 10.1. The Bertz CT molecular complexity index is 876. The second kappa shape index (κ2) is 5.89. The fourth-order valence-electron chi connectivity index (χ4n) is 2.58. The summed E-state index contributed by atoms with van der Waals surface area (Å²) in [7, 11) is 1.62. The van der Waals surface area contributed by atoms with Crippen molar-refractivity contribution in [1.82, 2.24) is 9.55 Å². The zero-order valence-electron chi connectivity index (χ0n) is 13.3. The van der Waals surface area contributed by atoms with E-state index in [-0.39, 0.29) is 5.76 Å². The molecule has 0 saturated carbocycles. The molecular formula is C17H18N2O4. The number of hydrogen-bond donors (Lipinski definition) is 1. The summed E-state index contributed by atoms with van der Waals surface area (Å²) in [6, 6.07) is 7.26. The highest BCUT2D eigenvalue weighted by molar-refractivity contribution is 5.84. The van der Waals surface area contributed by atoms with Crippen molar-refractivity contribution >= 4 is 17.0 Å². The third-order valence-corrected chi connectivity index (χ3v) is 3.90. The molecule has 6 heteroatoms. The zero-order valence-corrected chi connectivity index (χ0v) is 13.3. The lowest BCUT2D eigenvalue weighted by Gasteiger charge is -2.08. The molecule has 0 spiro atoms. The number of benzene rings is 1. The van der Waals surface area contributed by atoms with Gasteiger partial charge in [-0.25, -0.2) is 9.78 Å². The standard InChI is InChI=1S/C17H18N2O4/c1-10-6-13-14(7-11(10)2)19(16(18-13)9-22-3)8-12-4-5-15(23-12)17(20)21/h4-7H,8-9H2,1-3H3,(H,20,21). The molecule has 0 atom stereocenters. The van der Waals surface area contributed by atoms with Crippen molar-refractivity contribution in [1.29, 1.82) is 0 Å². The summed E-state index contributed by atoms with van der Waals surface area (Å²) in [4.78, 5) is 15.6. The maximum atomic E-state index is 10.9. The summed E-state index contributed by atoms with van der Waals surface area (Å²) in [6.07, 6.45) is 0. The Balaban J connectivity index is 2.07. The summed E-state index contributed by atoms with van der Waals surface area (Å²) >= 11 is 0. The monoisotopic (exact) mass is 314 g/mol. The van der Waals surface area contributed by atoms with Crippen molar-refractivity contribution in [3.05, 3.63) is 52.7 Å². The smallest absolute Gasteiger partial charge is 0.371 e. The summed E-state index contributed by atoms with van der Waals surface area (Å²) in [5.74, 6) is 0.207. The number of ether oxygens (including phenoxy) is 1. The van der Waals surface area contributed by atoms with E-state index < -0.39 is 5.97 Å². The number of fused-ring (bicyclic) bond motifs is 1. The molecule has 0 aliphatic rings. The number of furan rings is 1. The van der Waals surface area contributed by atoms with E-state index >= 15 is 0 Å². The van der Waals surface area contributed by atoms with Gasteiger partial charge < -0.3 is 18.8 Å². The zero-order chi connectivity index (χ0) is 16.6. The van der Waals surface area contributed by atoms with E-state index in [9.17, 15) is 4.79 Å². The number of rotatable bonds is 5. The predicted octanol–water partition coefficient (Wildman–Crippen LogP) is 3.14. The number of aryl methyl sites for hydroxylation is 2. The molecule has 0 aliphatic heterocycles. The van der Waals surface area contributed by atoms with Crippen molar-refractivity contribution in [3.8, 4) is 0 Å². The fourth-order valence-corrected chi connectivity index (χ4v) is 2.58. The van der Waals surface area contributed by atoms with Gasteiger partial charge in [0, 0.05) is 7.11 Å². The van der Waals surface area contributed by atoms with Gasteiger partial charge in [0.25, 0.3) is 0 Å². The normalized spacial score (nSPS) is 11.3. The topological polar surface area (TPSA) is 77.5 Å². The lowest BCUT2D eigenvalue weighted by Crippen LogP contribution is -2.06. The van der Waals surface area contributed by atoms with Crippen LogP contribution in [0.4, 0.5) is 0 Å². The van der Waals surface area contributed by atoms with Gasteiger partial charge in [0.15, 0.2) is 0 Å². The molecule has 0 radical (unpaired) electrons. The summed E-state index contributed by atoms with van der Waals surface area (Å²) < 4.78 is 12.6. The number of imidazole rings is 1. The van der Waals surface area contributed by atoms with Crippen molar-refractivity contribution in [3.63, 3.8) is 0 Å². The molecule has 1 aromatic carbocycles. The summed E-state index contributed by atoms with van der Waals surface area (Å²) in [5.41, 5.74) is 4.23. The van der Waals surface area contributed by atoms with E-state index in [1.165, 1.54) is 17.2 Å². The third-order valence-electron chi connectivity index (χ3n) is 3.90. The molecule has 2 heterocycles. The minimum atomic E-state index is -1.07. The van der Waals surface area contributed by atoms with E-state index in [0.29, 0.717) is 18.9 Å². The van der Waals surface area contributed by atoms with Gasteiger partial charge in [0.05, 0.1) is 17.6 Å². The Morgan fingerprint density at radius 1 is 1.30 bits per heavy atom. The molecule has 0 bridgehead atoms. The second-order valence-electron chi connectivity index (χ2n) is 5.54. The predicted molar refractivity (Wildman–Crippen MR) is 84.7 cm³/mol. The number of aromatic carboxylic acids is 1. The van der Waals surface area contributed by atoms with Crippen LogP contribution in [0, 0.1) is 13.8 Å². The van der Waals surface area contributed by atoms with Crippen molar-refractivity contribution < 1.29 is 19.1 Å². The van der Waals surface area contributed by atoms with Gasteiger partial charge in [-0.15, -0.1) is 0 Å². The number of hydrogen-bond acceptors (Lipinski definition) is 4. The van der Waals surface area contributed by atoms with Gasteiger partial charge in [-0.1, -0.05) is 0 Å². The number of carboxylic acids is 1. The first-order valence-corrected chi connectivity index (χ1v) is 7.27. The van der Waals surface area contributed by atoms with Crippen LogP contribution in [0.5, 0.6) is 0 Å². The van der Waals surface area contributed by atoms with Crippen LogP contribution < -0.4 is 0 Å². The number of nitrogens with zero attached hydrogens (tertiary/aromatic N) is 2. The molecule has 1 N–H and O–H groups in total. The van der Waals surface area contributed by atoms with Crippen molar-refractivity contribution in [2.45, 2.75) is 27.0 Å².